The van der Waals surface area contributed by atoms with E-state index in [9.17, 15) is 26.8 Å². The first-order valence-electron chi connectivity index (χ1n) is 11.2. The van der Waals surface area contributed by atoms with Gasteiger partial charge < -0.3 is 19.9 Å². The number of halogens is 3. The lowest BCUT2D eigenvalue weighted by Gasteiger charge is -2.29. The van der Waals surface area contributed by atoms with Crippen molar-refractivity contribution in [3.05, 3.63) is 68.7 Å². The Morgan fingerprint density at radius 1 is 1.21 bits per heavy atom. The van der Waals surface area contributed by atoms with Gasteiger partial charge in [0.25, 0.3) is 11.5 Å². The van der Waals surface area contributed by atoms with Crippen LogP contribution in [0.15, 0.2) is 35.1 Å². The van der Waals surface area contributed by atoms with E-state index in [-0.39, 0.29) is 48.8 Å². The first-order valence-corrected chi connectivity index (χ1v) is 13.5. The fourth-order valence-corrected chi connectivity index (χ4v) is 4.46. The number of fused-ring (bicyclic) bond motifs is 1. The van der Waals surface area contributed by atoms with Gasteiger partial charge in [0.2, 0.25) is 15.8 Å². The zero-order valence-corrected chi connectivity index (χ0v) is 21.5. The van der Waals surface area contributed by atoms with E-state index in [1.807, 2.05) is 0 Å². The van der Waals surface area contributed by atoms with Crippen molar-refractivity contribution in [3.63, 3.8) is 0 Å². The molecule has 3 aromatic rings. The number of amides is 1. The predicted octanol–water partition coefficient (Wildman–Crippen LogP) is 1.19. The normalized spacial score (nSPS) is 18.0. The SMILES string of the molecule is CS(=O)(=O)NCC1COC(COc2c(F)ccc3nc(C(N)=O)n(Cc4ccc(F)c(Cl)c4)c(=O)c23)CO1. The topological polar surface area (TPSA) is 152 Å². The van der Waals surface area contributed by atoms with Crippen LogP contribution in [0, 0.1) is 11.6 Å². The van der Waals surface area contributed by atoms with Crippen molar-refractivity contribution < 1.29 is 36.2 Å². The van der Waals surface area contributed by atoms with Crippen molar-refractivity contribution in [1.82, 2.24) is 14.3 Å². The van der Waals surface area contributed by atoms with Gasteiger partial charge in [-0.1, -0.05) is 17.7 Å². The maximum Gasteiger partial charge on any atom is 0.284 e. The van der Waals surface area contributed by atoms with Crippen LogP contribution >= 0.6 is 11.6 Å². The number of benzene rings is 2. The molecule has 0 radical (unpaired) electrons. The van der Waals surface area contributed by atoms with E-state index in [1.54, 1.807) is 0 Å². The Morgan fingerprint density at radius 2 is 1.89 bits per heavy atom. The van der Waals surface area contributed by atoms with Crippen molar-refractivity contribution in [3.8, 4) is 5.75 Å². The molecular weight excluding hydrogens is 550 g/mol. The second kappa shape index (κ2) is 11.3. The summed E-state index contributed by atoms with van der Waals surface area (Å²) in [4.78, 5) is 29.7. The minimum Gasteiger partial charge on any atom is -0.487 e. The van der Waals surface area contributed by atoms with E-state index in [1.165, 1.54) is 18.2 Å². The first-order chi connectivity index (χ1) is 17.9. The average molecular weight is 573 g/mol. The molecule has 15 heteroatoms. The van der Waals surface area contributed by atoms with Gasteiger partial charge in [0.05, 0.1) is 42.7 Å². The summed E-state index contributed by atoms with van der Waals surface area (Å²) in [5.74, 6) is -3.33. The average Bonchev–Trinajstić information content (AvgIpc) is 2.86. The van der Waals surface area contributed by atoms with E-state index < -0.39 is 56.9 Å². The number of nitrogens with two attached hydrogens (primary N) is 1. The van der Waals surface area contributed by atoms with E-state index in [2.05, 4.69) is 9.71 Å². The molecule has 3 N–H and O–H groups in total. The fraction of sp³-hybridized carbons (Fsp3) is 0.348. The molecule has 1 aliphatic heterocycles. The number of aromatic nitrogens is 2. The molecule has 0 bridgehead atoms. The highest BCUT2D eigenvalue weighted by molar-refractivity contribution is 7.88. The molecule has 0 aliphatic carbocycles. The van der Waals surface area contributed by atoms with Crippen LogP contribution in [0.3, 0.4) is 0 Å². The van der Waals surface area contributed by atoms with Crippen molar-refractivity contribution >= 4 is 38.4 Å². The summed E-state index contributed by atoms with van der Waals surface area (Å²) < 4.78 is 71.0. The maximum atomic E-state index is 14.9. The van der Waals surface area contributed by atoms with Gasteiger partial charge in [0, 0.05) is 6.54 Å². The maximum absolute atomic E-state index is 14.9. The Balaban J connectivity index is 1.59. The van der Waals surface area contributed by atoms with Crippen LogP contribution in [0.25, 0.3) is 10.9 Å². The summed E-state index contributed by atoms with van der Waals surface area (Å²) in [6, 6.07) is 5.99. The zero-order chi connectivity index (χ0) is 27.6. The molecule has 204 valence electrons. The molecule has 1 aromatic heterocycles. The van der Waals surface area contributed by atoms with Gasteiger partial charge in [-0.25, -0.2) is 26.9 Å². The molecule has 38 heavy (non-hydrogen) atoms. The standard InChI is InChI=1S/C23H23ClF2N4O7S/c1-38(33,34)28-7-13-9-36-14(10-35-13)11-37-20-17(26)4-5-18-19(20)23(32)30(22(29-18)21(27)31)8-12-2-3-16(25)15(24)6-12/h2-6,13-14,28H,7-11H2,1H3,(H2,27,31). The van der Waals surface area contributed by atoms with E-state index in [0.717, 1.165) is 23.0 Å². The Bertz CT molecular complexity index is 1540. The van der Waals surface area contributed by atoms with Crippen LogP contribution in [-0.2, 0) is 26.0 Å². The lowest BCUT2D eigenvalue weighted by molar-refractivity contribution is -0.139. The molecule has 4 rings (SSSR count). The summed E-state index contributed by atoms with van der Waals surface area (Å²) in [5.41, 5.74) is 4.97. The van der Waals surface area contributed by atoms with E-state index >= 15 is 0 Å². The molecular formula is C23H23ClF2N4O7S. The molecule has 0 saturated carbocycles. The minimum absolute atomic E-state index is 0.0248. The number of rotatable bonds is 9. The van der Waals surface area contributed by atoms with E-state index in [4.69, 9.17) is 31.5 Å². The number of carbonyl (C=O) groups excluding carboxylic acids is 1. The highest BCUT2D eigenvalue weighted by Gasteiger charge is 2.26. The molecule has 1 saturated heterocycles. The van der Waals surface area contributed by atoms with Crippen molar-refractivity contribution in [2.24, 2.45) is 5.73 Å². The van der Waals surface area contributed by atoms with Crippen LogP contribution < -0.4 is 20.8 Å². The second-order valence-electron chi connectivity index (χ2n) is 8.55. The lowest BCUT2D eigenvalue weighted by atomic mass is 10.2. The summed E-state index contributed by atoms with van der Waals surface area (Å²) in [5, 5.41) is -0.431. The third kappa shape index (κ3) is 6.45. The van der Waals surface area contributed by atoms with Crippen LogP contribution in [0.4, 0.5) is 8.78 Å². The number of nitrogens with one attached hydrogen (secondary N) is 1. The molecule has 1 amide bonds. The molecule has 2 unspecified atom stereocenters. The largest absolute Gasteiger partial charge is 0.487 e. The number of hydrogen-bond donors (Lipinski definition) is 2. The first kappa shape index (κ1) is 27.9. The van der Waals surface area contributed by atoms with Crippen LogP contribution in [0.2, 0.25) is 5.02 Å². The van der Waals surface area contributed by atoms with Gasteiger partial charge in [0.1, 0.15) is 23.9 Å². The Kier molecular flexibility index (Phi) is 8.28. The smallest absolute Gasteiger partial charge is 0.284 e. The second-order valence-corrected chi connectivity index (χ2v) is 10.8. The summed E-state index contributed by atoms with van der Waals surface area (Å²) in [6.45, 7) is -0.338. The molecule has 2 atom stereocenters. The number of nitrogens with zero attached hydrogens (tertiary/aromatic N) is 2. The van der Waals surface area contributed by atoms with Crippen LogP contribution in [-0.4, -0.2) is 68.7 Å². The number of ether oxygens (including phenoxy) is 3. The fourth-order valence-electron chi connectivity index (χ4n) is 3.77. The minimum atomic E-state index is -3.39. The Morgan fingerprint density at radius 3 is 2.53 bits per heavy atom. The Labute approximate surface area is 220 Å². The molecule has 2 heterocycles. The molecule has 1 fully saturated rings. The summed E-state index contributed by atoms with van der Waals surface area (Å²) >= 11 is 5.83. The highest BCUT2D eigenvalue weighted by Crippen LogP contribution is 2.27. The predicted molar refractivity (Wildman–Crippen MR) is 133 cm³/mol. The Hall–Kier alpha value is -3.17. The number of sulfonamides is 1. The highest BCUT2D eigenvalue weighted by atomic mass is 35.5. The van der Waals surface area contributed by atoms with Crippen molar-refractivity contribution in [1.29, 1.82) is 0 Å². The molecule has 11 nitrogen and oxygen atoms in total. The van der Waals surface area contributed by atoms with Gasteiger partial charge in [-0.05, 0) is 29.8 Å². The van der Waals surface area contributed by atoms with Crippen LogP contribution in [0.1, 0.15) is 16.2 Å². The van der Waals surface area contributed by atoms with Gasteiger partial charge in [-0.2, -0.15) is 0 Å². The summed E-state index contributed by atoms with van der Waals surface area (Å²) in [6.07, 6.45) is -0.129. The summed E-state index contributed by atoms with van der Waals surface area (Å²) in [7, 11) is -3.39. The van der Waals surface area contributed by atoms with Gasteiger partial charge in [-0.3, -0.25) is 14.2 Å². The third-order valence-electron chi connectivity index (χ3n) is 5.60. The van der Waals surface area contributed by atoms with Crippen LogP contribution in [0.5, 0.6) is 5.75 Å². The van der Waals surface area contributed by atoms with E-state index in [0.29, 0.717) is 5.56 Å². The number of primary amides is 1. The molecule has 1 aliphatic rings. The number of carbonyl (C=O) groups is 1. The van der Waals surface area contributed by atoms with Gasteiger partial charge in [-0.15, -0.1) is 0 Å². The van der Waals surface area contributed by atoms with Crippen molar-refractivity contribution in [2.75, 3.05) is 32.6 Å². The third-order valence-corrected chi connectivity index (χ3v) is 6.58. The van der Waals surface area contributed by atoms with Gasteiger partial charge in [0.15, 0.2) is 11.6 Å². The molecule has 0 spiro atoms. The lowest BCUT2D eigenvalue weighted by Crippen LogP contribution is -2.44. The quantitative estimate of drug-likeness (QED) is 0.388. The van der Waals surface area contributed by atoms with Gasteiger partial charge >= 0.3 is 0 Å². The van der Waals surface area contributed by atoms with Crippen molar-refractivity contribution in [2.45, 2.75) is 18.8 Å². The molecule has 2 aromatic carbocycles. The zero-order valence-electron chi connectivity index (χ0n) is 19.9. The number of hydrogen-bond acceptors (Lipinski definition) is 8. The monoisotopic (exact) mass is 572 g/mol.